The molecule has 0 amide bonds. The molecule has 1 N–H and O–H groups in total. The Morgan fingerprint density at radius 2 is 1.77 bits per heavy atom. The van der Waals surface area contributed by atoms with E-state index >= 15 is 0 Å². The molecule has 3 rings (SSSR count). The molecule has 8 heteroatoms. The molecule has 0 aliphatic heterocycles. The van der Waals surface area contributed by atoms with Crippen molar-refractivity contribution in [1.82, 2.24) is 0 Å². The number of benzene rings is 1. The zero-order valence-corrected chi connectivity index (χ0v) is 22.0. The number of rotatable bonds is 9. The third-order valence-corrected chi connectivity index (χ3v) is 8.51. The van der Waals surface area contributed by atoms with Gasteiger partial charge in [-0.2, -0.15) is 0 Å². The average molecular weight is 588 g/mol. The second-order valence-electron chi connectivity index (χ2n) is 6.42. The molecule has 1 atom stereocenters. The molecule has 0 saturated carbocycles. The van der Waals surface area contributed by atoms with Crippen LogP contribution >= 0.6 is 66.3 Å². The normalized spacial score (nSPS) is 11.9. The van der Waals surface area contributed by atoms with Crippen molar-refractivity contribution in [3.8, 4) is 5.75 Å². The second kappa shape index (κ2) is 11.0. The molecule has 30 heavy (non-hydrogen) atoms. The number of hydrogen-bond acceptors (Lipinski definition) is 5. The summed E-state index contributed by atoms with van der Waals surface area (Å²) in [7, 11) is 0. The number of aryl methyl sites for hydroxylation is 1. The van der Waals surface area contributed by atoms with Gasteiger partial charge in [0.15, 0.2) is 6.10 Å². The van der Waals surface area contributed by atoms with Crippen molar-refractivity contribution in [2.24, 2.45) is 0 Å². The molecule has 0 spiro atoms. The van der Waals surface area contributed by atoms with Crippen molar-refractivity contribution in [2.75, 3.05) is 5.75 Å². The minimum Gasteiger partial charge on any atom is -0.479 e. The zero-order valence-electron chi connectivity index (χ0n) is 16.4. The molecule has 0 saturated heterocycles. The standard InChI is InChI=1S/C22H20Br2O3S3/c1-3-16(22(25)26)27-17-5-4-14(12-13(17)2)28-11-10-15(18-6-8-20(23)29-18)19-7-9-21(24)30-19/h4-10,12,16H,3,11H2,1-2H3,(H,25,26). The Morgan fingerprint density at radius 3 is 2.23 bits per heavy atom. The first kappa shape index (κ1) is 23.6. The number of carbonyl (C=O) groups is 1. The van der Waals surface area contributed by atoms with Crippen molar-refractivity contribution in [3.63, 3.8) is 0 Å². The minimum atomic E-state index is -0.937. The summed E-state index contributed by atoms with van der Waals surface area (Å²) in [5.41, 5.74) is 2.17. The maximum absolute atomic E-state index is 11.2. The third-order valence-electron chi connectivity index (χ3n) is 4.28. The molecule has 2 aromatic heterocycles. The highest BCUT2D eigenvalue weighted by Crippen LogP contribution is 2.37. The maximum atomic E-state index is 11.2. The van der Waals surface area contributed by atoms with Gasteiger partial charge >= 0.3 is 5.97 Å². The summed E-state index contributed by atoms with van der Waals surface area (Å²) in [5.74, 6) is 0.511. The summed E-state index contributed by atoms with van der Waals surface area (Å²) in [6.07, 6.45) is 1.87. The topological polar surface area (TPSA) is 46.5 Å². The predicted molar refractivity (Wildman–Crippen MR) is 135 cm³/mol. The van der Waals surface area contributed by atoms with E-state index in [1.54, 1.807) is 41.4 Å². The molecular weight excluding hydrogens is 568 g/mol. The molecule has 0 aliphatic carbocycles. The number of aliphatic carboxylic acids is 1. The Balaban J connectivity index is 1.73. The number of carboxylic acid groups (broad SMARTS) is 1. The SMILES string of the molecule is CCC(Oc1ccc(SCC=C(c2ccc(Br)s2)c2ccc(Br)s2)cc1C)C(=O)O. The van der Waals surface area contributed by atoms with Crippen molar-refractivity contribution < 1.29 is 14.6 Å². The molecule has 0 radical (unpaired) electrons. The quantitative estimate of drug-likeness (QED) is 0.257. The summed E-state index contributed by atoms with van der Waals surface area (Å²) in [6, 6.07) is 14.3. The summed E-state index contributed by atoms with van der Waals surface area (Å²) < 4.78 is 7.88. The van der Waals surface area contributed by atoms with E-state index in [-0.39, 0.29) is 0 Å². The molecule has 3 nitrogen and oxygen atoms in total. The van der Waals surface area contributed by atoms with Gasteiger partial charge in [-0.05, 0) is 93.2 Å². The lowest BCUT2D eigenvalue weighted by Gasteiger charge is -2.15. The minimum absolute atomic E-state index is 0.427. The molecule has 3 aromatic rings. The largest absolute Gasteiger partial charge is 0.479 e. The van der Waals surface area contributed by atoms with Crippen molar-refractivity contribution in [3.05, 3.63) is 71.4 Å². The van der Waals surface area contributed by atoms with E-state index in [1.807, 2.05) is 25.1 Å². The van der Waals surface area contributed by atoms with Gasteiger partial charge in [0.25, 0.3) is 0 Å². The van der Waals surface area contributed by atoms with Crippen LogP contribution in [0, 0.1) is 6.92 Å². The Bertz CT molecular complexity index is 1010. The number of halogens is 2. The molecule has 0 aliphatic rings. The van der Waals surface area contributed by atoms with Crippen LogP contribution in [0.1, 0.15) is 28.7 Å². The summed E-state index contributed by atoms with van der Waals surface area (Å²) in [4.78, 5) is 14.8. The van der Waals surface area contributed by atoms with Crippen LogP contribution < -0.4 is 4.74 Å². The fourth-order valence-electron chi connectivity index (χ4n) is 2.77. The van der Waals surface area contributed by atoms with E-state index in [1.165, 1.54) is 15.3 Å². The first-order chi connectivity index (χ1) is 14.4. The van der Waals surface area contributed by atoms with Gasteiger partial charge in [-0.25, -0.2) is 4.79 Å². The number of thioether (sulfide) groups is 1. The van der Waals surface area contributed by atoms with Crippen molar-refractivity contribution >= 4 is 77.8 Å². The first-order valence-electron chi connectivity index (χ1n) is 9.22. The van der Waals surface area contributed by atoms with Crippen LogP contribution in [0.5, 0.6) is 5.75 Å². The van der Waals surface area contributed by atoms with Gasteiger partial charge in [0.2, 0.25) is 0 Å². The van der Waals surface area contributed by atoms with Crippen molar-refractivity contribution in [1.29, 1.82) is 0 Å². The molecule has 1 unspecified atom stereocenters. The van der Waals surface area contributed by atoms with Gasteiger partial charge in [-0.3, -0.25) is 0 Å². The van der Waals surface area contributed by atoms with Gasteiger partial charge in [0.05, 0.1) is 7.57 Å². The van der Waals surface area contributed by atoms with Crippen LogP contribution in [0.25, 0.3) is 5.57 Å². The maximum Gasteiger partial charge on any atom is 0.344 e. The zero-order chi connectivity index (χ0) is 21.7. The van der Waals surface area contributed by atoms with Gasteiger partial charge < -0.3 is 9.84 Å². The van der Waals surface area contributed by atoms with E-state index in [9.17, 15) is 9.90 Å². The molecule has 1 aromatic carbocycles. The smallest absolute Gasteiger partial charge is 0.344 e. The van der Waals surface area contributed by atoms with Gasteiger partial charge in [-0.15, -0.1) is 34.4 Å². The summed E-state index contributed by atoms with van der Waals surface area (Å²) in [6.45, 7) is 3.75. The van der Waals surface area contributed by atoms with Crippen LogP contribution in [0.3, 0.4) is 0 Å². The Morgan fingerprint density at radius 1 is 1.13 bits per heavy atom. The summed E-state index contributed by atoms with van der Waals surface area (Å²) in [5, 5.41) is 9.20. The molecule has 0 fully saturated rings. The van der Waals surface area contributed by atoms with Gasteiger partial charge in [-0.1, -0.05) is 13.0 Å². The van der Waals surface area contributed by atoms with Crippen LogP contribution in [-0.2, 0) is 4.79 Å². The fraction of sp³-hybridized carbons (Fsp3) is 0.227. The van der Waals surface area contributed by atoms with E-state index < -0.39 is 12.1 Å². The van der Waals surface area contributed by atoms with Crippen LogP contribution in [0.4, 0.5) is 0 Å². The molecular formula is C22H20Br2O3S3. The number of ether oxygens (including phenoxy) is 1. The third kappa shape index (κ3) is 6.23. The van der Waals surface area contributed by atoms with Crippen molar-refractivity contribution in [2.45, 2.75) is 31.3 Å². The number of thiophene rings is 2. The van der Waals surface area contributed by atoms with Gasteiger partial charge in [0.1, 0.15) is 5.75 Å². The Hall–Kier alpha value is -1.06. The van der Waals surface area contributed by atoms with Crippen LogP contribution in [0.15, 0.2) is 61.0 Å². The molecule has 2 heterocycles. The highest BCUT2D eigenvalue weighted by Gasteiger charge is 2.17. The van der Waals surface area contributed by atoms with Gasteiger partial charge in [0, 0.05) is 26.0 Å². The number of carboxylic acids is 1. The Labute approximate surface area is 205 Å². The monoisotopic (exact) mass is 586 g/mol. The first-order valence-corrected chi connectivity index (χ1v) is 13.4. The lowest BCUT2D eigenvalue weighted by atomic mass is 10.2. The number of hydrogen-bond donors (Lipinski definition) is 1. The fourth-order valence-corrected chi connectivity index (χ4v) is 6.58. The lowest BCUT2D eigenvalue weighted by Crippen LogP contribution is -2.26. The van der Waals surface area contributed by atoms with E-state index in [0.29, 0.717) is 12.2 Å². The van der Waals surface area contributed by atoms with Crippen LogP contribution in [0.2, 0.25) is 0 Å². The highest BCUT2D eigenvalue weighted by molar-refractivity contribution is 9.11. The lowest BCUT2D eigenvalue weighted by molar-refractivity contribution is -0.145. The average Bonchev–Trinajstić information content (AvgIpc) is 3.32. The molecule has 158 valence electrons. The van der Waals surface area contributed by atoms with E-state index in [0.717, 1.165) is 23.8 Å². The molecule has 0 bridgehead atoms. The van der Waals surface area contributed by atoms with Crippen LogP contribution in [-0.4, -0.2) is 22.9 Å². The Kier molecular flexibility index (Phi) is 8.65. The van der Waals surface area contributed by atoms with E-state index in [2.05, 4.69) is 62.2 Å². The van der Waals surface area contributed by atoms with E-state index in [4.69, 9.17) is 4.74 Å². The summed E-state index contributed by atoms with van der Waals surface area (Å²) >= 11 is 12.3. The highest BCUT2D eigenvalue weighted by atomic mass is 79.9. The predicted octanol–water partition coefficient (Wildman–Crippen LogP) is 8.11. The second-order valence-corrected chi connectivity index (χ2v) is 12.4.